The van der Waals surface area contributed by atoms with Crippen molar-refractivity contribution in [2.75, 3.05) is 11.5 Å². The summed E-state index contributed by atoms with van der Waals surface area (Å²) in [5.41, 5.74) is 0.954. The summed E-state index contributed by atoms with van der Waals surface area (Å²) in [6, 6.07) is 9.25. The van der Waals surface area contributed by atoms with E-state index in [1.807, 2.05) is 30.3 Å². The van der Waals surface area contributed by atoms with Gasteiger partial charge in [-0.25, -0.2) is 8.42 Å². The summed E-state index contributed by atoms with van der Waals surface area (Å²) in [5, 5.41) is -0.398. The number of benzene rings is 1. The predicted molar refractivity (Wildman–Crippen MR) is 66.1 cm³/mol. The topological polar surface area (TPSA) is 46.5 Å². The minimum atomic E-state index is -2.99. The second kappa shape index (κ2) is 4.55. The van der Waals surface area contributed by atoms with E-state index in [0.717, 1.165) is 5.56 Å². The first-order chi connectivity index (χ1) is 7.57. The van der Waals surface area contributed by atoms with E-state index in [9.17, 15) is 8.42 Å². The molecule has 1 heterocycles. The maximum atomic E-state index is 11.3. The van der Waals surface area contributed by atoms with E-state index in [0.29, 0.717) is 0 Å². The smallest absolute Gasteiger partial charge is 0.153 e. The van der Waals surface area contributed by atoms with Crippen molar-refractivity contribution in [1.82, 2.24) is 0 Å². The van der Waals surface area contributed by atoms with Gasteiger partial charge >= 0.3 is 0 Å². The number of sulfone groups is 1. The zero-order valence-electron chi connectivity index (χ0n) is 8.58. The summed E-state index contributed by atoms with van der Waals surface area (Å²) in [5.74, 6) is 0.0931. The van der Waals surface area contributed by atoms with Gasteiger partial charge in [-0.2, -0.15) is 0 Å². The van der Waals surface area contributed by atoms with Gasteiger partial charge in [-0.1, -0.05) is 30.3 Å². The number of alkyl halides is 1. The number of aliphatic imine (C=N–C) groups is 1. The molecule has 3 nitrogen and oxygen atoms in total. The summed E-state index contributed by atoms with van der Waals surface area (Å²) in [6.45, 7) is 0. The van der Waals surface area contributed by atoms with Gasteiger partial charge < -0.3 is 0 Å². The fourth-order valence-electron chi connectivity index (χ4n) is 1.64. The van der Waals surface area contributed by atoms with E-state index in [4.69, 9.17) is 11.6 Å². The van der Waals surface area contributed by atoms with Crippen LogP contribution in [0.1, 0.15) is 5.56 Å². The molecule has 16 heavy (non-hydrogen) atoms. The Bertz CT molecular complexity index is 484. The van der Waals surface area contributed by atoms with Gasteiger partial charge in [-0.15, -0.1) is 11.6 Å². The van der Waals surface area contributed by atoms with Gasteiger partial charge in [0.05, 0.1) is 22.9 Å². The van der Waals surface area contributed by atoms with E-state index >= 15 is 0 Å². The summed E-state index contributed by atoms with van der Waals surface area (Å²) >= 11 is 5.94. The van der Waals surface area contributed by atoms with Crippen molar-refractivity contribution in [3.63, 3.8) is 0 Å². The van der Waals surface area contributed by atoms with Gasteiger partial charge in [-0.05, 0) is 5.56 Å². The third kappa shape index (κ3) is 2.83. The van der Waals surface area contributed by atoms with Crippen LogP contribution in [0.5, 0.6) is 0 Å². The minimum Gasteiger partial charge on any atom is -0.287 e. The van der Waals surface area contributed by atoms with E-state index < -0.39 is 15.2 Å². The van der Waals surface area contributed by atoms with Crippen molar-refractivity contribution in [3.05, 3.63) is 35.9 Å². The van der Waals surface area contributed by atoms with Gasteiger partial charge in [0.1, 0.15) is 0 Å². The Hall–Kier alpha value is -0.870. The second-order valence-electron chi connectivity index (χ2n) is 3.85. The lowest BCUT2D eigenvalue weighted by Crippen LogP contribution is -2.16. The molecule has 0 aliphatic carbocycles. The first-order valence-electron chi connectivity index (χ1n) is 4.99. The van der Waals surface area contributed by atoms with Gasteiger partial charge in [0.2, 0.25) is 0 Å². The van der Waals surface area contributed by atoms with Crippen LogP contribution >= 0.6 is 11.6 Å². The SMILES string of the molecule is O=S1(=O)C[C@@H](Cl)[C@@H](N=Cc2ccccc2)C1. The molecule has 1 fully saturated rings. The molecule has 1 aliphatic heterocycles. The molecule has 0 bridgehead atoms. The molecule has 1 aliphatic rings. The van der Waals surface area contributed by atoms with E-state index in [-0.39, 0.29) is 17.5 Å². The van der Waals surface area contributed by atoms with Crippen LogP contribution in [0.15, 0.2) is 35.3 Å². The second-order valence-corrected chi connectivity index (χ2v) is 6.56. The standard InChI is InChI=1S/C11H12ClNO2S/c12-10-7-16(14,15)8-11(10)13-6-9-4-2-1-3-5-9/h1-6,10-11H,7-8H2/t10-,11+/m1/s1. The van der Waals surface area contributed by atoms with Crippen LogP contribution in [-0.4, -0.2) is 37.6 Å². The number of hydrogen-bond acceptors (Lipinski definition) is 3. The van der Waals surface area contributed by atoms with Crippen molar-refractivity contribution in [3.8, 4) is 0 Å². The molecule has 86 valence electrons. The predicted octanol–water partition coefficient (Wildman–Crippen LogP) is 1.51. The summed E-state index contributed by atoms with van der Waals surface area (Å²) in [6.07, 6.45) is 1.68. The fourth-order valence-corrected chi connectivity index (χ4v) is 4.16. The third-order valence-corrected chi connectivity index (χ3v) is 4.81. The number of hydrogen-bond donors (Lipinski definition) is 0. The Kier molecular flexibility index (Phi) is 3.30. The summed E-state index contributed by atoms with van der Waals surface area (Å²) < 4.78 is 22.6. The maximum Gasteiger partial charge on any atom is 0.153 e. The quantitative estimate of drug-likeness (QED) is 0.596. The maximum absolute atomic E-state index is 11.3. The molecule has 0 unspecified atom stereocenters. The highest BCUT2D eigenvalue weighted by atomic mass is 35.5. The highest BCUT2D eigenvalue weighted by Gasteiger charge is 2.35. The molecule has 1 aromatic rings. The van der Waals surface area contributed by atoms with Crippen molar-refractivity contribution >= 4 is 27.7 Å². The fraction of sp³-hybridized carbons (Fsp3) is 0.364. The van der Waals surface area contributed by atoms with Crippen LogP contribution in [0, 0.1) is 0 Å². The molecule has 0 radical (unpaired) electrons. The Morgan fingerprint density at radius 3 is 2.50 bits per heavy atom. The molecule has 0 spiro atoms. The lowest BCUT2D eigenvalue weighted by atomic mass is 10.2. The molecule has 0 N–H and O–H groups in total. The van der Waals surface area contributed by atoms with Crippen LogP contribution in [0.3, 0.4) is 0 Å². The molecule has 2 atom stereocenters. The molecule has 1 aromatic carbocycles. The third-order valence-electron chi connectivity index (χ3n) is 2.47. The molecule has 2 rings (SSSR count). The van der Waals surface area contributed by atoms with Gasteiger partial charge in [-0.3, -0.25) is 4.99 Å². The van der Waals surface area contributed by atoms with Crippen molar-refractivity contribution in [2.45, 2.75) is 11.4 Å². The average Bonchev–Trinajstić information content (AvgIpc) is 2.50. The van der Waals surface area contributed by atoms with Crippen LogP contribution < -0.4 is 0 Å². The first-order valence-corrected chi connectivity index (χ1v) is 7.25. The molecule has 0 amide bonds. The molecule has 1 saturated heterocycles. The Labute approximate surface area is 100 Å². The Morgan fingerprint density at radius 1 is 1.25 bits per heavy atom. The van der Waals surface area contributed by atoms with E-state index in [1.165, 1.54) is 0 Å². The van der Waals surface area contributed by atoms with Gasteiger partial charge in [0, 0.05) is 6.21 Å². The van der Waals surface area contributed by atoms with Crippen molar-refractivity contribution < 1.29 is 8.42 Å². The largest absolute Gasteiger partial charge is 0.287 e. The average molecular weight is 258 g/mol. The lowest BCUT2D eigenvalue weighted by Gasteiger charge is -2.04. The van der Waals surface area contributed by atoms with Crippen molar-refractivity contribution in [2.24, 2.45) is 4.99 Å². The van der Waals surface area contributed by atoms with E-state index in [1.54, 1.807) is 6.21 Å². The van der Waals surface area contributed by atoms with Crippen LogP contribution in [0.2, 0.25) is 0 Å². The molecule has 5 heteroatoms. The summed E-state index contributed by atoms with van der Waals surface area (Å²) in [7, 11) is -2.99. The van der Waals surface area contributed by atoms with E-state index in [2.05, 4.69) is 4.99 Å². The zero-order valence-corrected chi connectivity index (χ0v) is 10.2. The number of rotatable bonds is 2. The summed E-state index contributed by atoms with van der Waals surface area (Å²) in [4.78, 5) is 4.23. The van der Waals surface area contributed by atoms with Crippen LogP contribution in [-0.2, 0) is 9.84 Å². The van der Waals surface area contributed by atoms with Crippen molar-refractivity contribution in [1.29, 1.82) is 0 Å². The molecular weight excluding hydrogens is 246 g/mol. The Balaban J connectivity index is 2.09. The zero-order chi connectivity index (χ0) is 11.6. The highest BCUT2D eigenvalue weighted by molar-refractivity contribution is 7.91. The first kappa shape index (κ1) is 11.6. The Morgan fingerprint density at radius 2 is 1.94 bits per heavy atom. The number of nitrogens with zero attached hydrogens (tertiary/aromatic N) is 1. The van der Waals surface area contributed by atoms with Crippen LogP contribution in [0.4, 0.5) is 0 Å². The molecule has 0 aromatic heterocycles. The van der Waals surface area contributed by atoms with Gasteiger partial charge in [0.25, 0.3) is 0 Å². The normalized spacial score (nSPS) is 28.6. The molecular formula is C11H12ClNO2S. The number of halogens is 1. The lowest BCUT2D eigenvalue weighted by molar-refractivity contribution is 0.601. The monoisotopic (exact) mass is 257 g/mol. The van der Waals surface area contributed by atoms with Crippen LogP contribution in [0.25, 0.3) is 0 Å². The van der Waals surface area contributed by atoms with Gasteiger partial charge in [0.15, 0.2) is 9.84 Å². The minimum absolute atomic E-state index is 0.0331. The molecule has 0 saturated carbocycles. The highest BCUT2D eigenvalue weighted by Crippen LogP contribution is 2.20.